The highest BCUT2D eigenvalue weighted by molar-refractivity contribution is 7.08. The zero-order valence-electron chi connectivity index (χ0n) is 92.3. The van der Waals surface area contributed by atoms with Crippen LogP contribution in [0.1, 0.15) is 388 Å². The second-order valence-corrected chi connectivity index (χ2v) is 12.6. The van der Waals surface area contributed by atoms with Crippen LogP contribution in [0.4, 0.5) is 0 Å². The third-order valence-corrected chi connectivity index (χ3v) is 7.09. The number of rotatable bonds is 0. The van der Waals surface area contributed by atoms with E-state index in [2.05, 4.69) is 133 Å². The van der Waals surface area contributed by atoms with E-state index >= 15 is 0 Å². The first kappa shape index (κ1) is 198. The number of hydrogen-bond acceptors (Lipinski definition) is 26. The van der Waals surface area contributed by atoms with Crippen LogP contribution in [0.2, 0.25) is 0 Å². The van der Waals surface area contributed by atoms with Crippen molar-refractivity contribution in [2.75, 3.05) is 0 Å². The molecule has 5 N–H and O–H groups in total. The lowest BCUT2D eigenvalue weighted by Gasteiger charge is -1.50. The van der Waals surface area contributed by atoms with E-state index in [-0.39, 0.29) is 0 Å². The number of H-pyrrole nitrogens is 5. The van der Waals surface area contributed by atoms with Gasteiger partial charge in [-0.3, -0.25) is 15.2 Å². The van der Waals surface area contributed by atoms with Crippen molar-refractivity contribution in [3.8, 4) is 0 Å². The molecule has 0 atom stereocenters. The summed E-state index contributed by atoms with van der Waals surface area (Å²) in [5.41, 5.74) is 5.15. The molecule has 14 aromatic heterocycles. The molecule has 0 bridgehead atoms. The van der Waals surface area contributed by atoms with Gasteiger partial charge in [0.15, 0.2) is 6.39 Å². The fourth-order valence-electron chi connectivity index (χ4n) is 2.56. The molecule has 0 fully saturated rings. The number of aromatic nitrogens is 22. The smallest absolute Gasteiger partial charge is 0.203 e. The van der Waals surface area contributed by atoms with Crippen molar-refractivity contribution in [1.82, 2.24) is 111 Å². The van der Waals surface area contributed by atoms with Crippen LogP contribution in [0.3, 0.4) is 0 Å². The Balaban J connectivity index is -0.0000000303. The molecule has 0 aromatic carbocycles. The maximum atomic E-state index is 4.58. The molecule has 14 heterocycles. The molecule has 27 nitrogen and oxygen atoms in total. The van der Waals surface area contributed by atoms with Gasteiger partial charge in [0.25, 0.3) is 0 Å². The minimum Gasteiger partial charge on any atom is -0.473 e. The Hall–Kier alpha value is -9.59. The monoisotopic (exact) mass is 1870 g/mol. The molecule has 0 aliphatic carbocycles. The molecule has 14 aromatic rings. The van der Waals surface area contributed by atoms with Gasteiger partial charge in [0.1, 0.15) is 55.1 Å². The Labute approximate surface area is 798 Å². The molecule has 126 heavy (non-hydrogen) atoms. The third kappa shape index (κ3) is 403. The average molecular weight is 1870 g/mol. The van der Waals surface area contributed by atoms with Crippen LogP contribution < -0.4 is 0 Å². The molecule has 0 saturated carbocycles. The van der Waals surface area contributed by atoms with Crippen LogP contribution in [0.5, 0.6) is 0 Å². The van der Waals surface area contributed by atoms with Crippen molar-refractivity contribution in [1.29, 1.82) is 0 Å². The van der Waals surface area contributed by atoms with Crippen LogP contribution in [0.25, 0.3) is 0 Å². The van der Waals surface area contributed by atoms with Gasteiger partial charge >= 0.3 is 0 Å². The second-order valence-electron chi connectivity index (χ2n) is 9.66. The van der Waals surface area contributed by atoms with Gasteiger partial charge in [-0.15, -0.1) is 48.2 Å². The van der Waals surface area contributed by atoms with Crippen molar-refractivity contribution in [2.45, 2.75) is 388 Å². The summed E-state index contributed by atoms with van der Waals surface area (Å²) in [7, 11) is 0. The quantitative estimate of drug-likeness (QED) is 0.0941. The average Bonchev–Trinajstić information content (AvgIpc) is 3.81. The summed E-state index contributed by atoms with van der Waals surface area (Å²) in [5, 5.41) is 52.6. The Bertz CT molecular complexity index is 1630. The van der Waals surface area contributed by atoms with Crippen LogP contribution in [-0.4, -0.2) is 111 Å². The summed E-state index contributed by atoms with van der Waals surface area (Å²) in [6, 6.07) is 15.2. The summed E-state index contributed by atoms with van der Waals surface area (Å²) in [5.74, 6) is 0. The summed E-state index contributed by atoms with van der Waals surface area (Å²) in [4.78, 5) is 23.7. The van der Waals surface area contributed by atoms with Gasteiger partial charge in [0.2, 0.25) is 12.8 Å². The summed E-state index contributed by atoms with van der Waals surface area (Å²) in [6.07, 6.45) is 37.7. The van der Waals surface area contributed by atoms with Crippen LogP contribution in [0.15, 0.2) is 259 Å². The van der Waals surface area contributed by atoms with E-state index in [1.807, 2.05) is 464 Å². The lowest BCUT2D eigenvalue weighted by atomic mass is 10.7. The zero-order valence-corrected chi connectivity index (χ0v) is 95.6. The zero-order chi connectivity index (χ0) is 105. The van der Waals surface area contributed by atoms with Gasteiger partial charge in [-0.25, -0.2) is 24.3 Å². The van der Waals surface area contributed by atoms with Crippen molar-refractivity contribution in [2.24, 2.45) is 0 Å². The standard InChI is InChI=1S/C4H5N.C4H4O.C4H4S.C3H4N2.2C3H3NO.2C3H3NS.3C2H3N3.2C2H2N2O.C2H2N2S.28C2H6/c3*1-2-4-5-3-1;2*1-2-5-3-4-1;1-2-4-5-3-1;1-2-5-3-4-1;1-2-4-5-3-1;2*1-3-2-5-4-1;1-2-4-5-3-1;1-3-4-2-5-1;1-2-5-4-3-1;1-3-4-2-5-1;28*1-2/h1-5H;2*1-4H;1-3H,(H,4,5);4*1-3H;3*1-2H,(H,3,4,5);3*1-2H;28*1-2H3. The molecule has 0 amide bonds. The van der Waals surface area contributed by atoms with Crippen molar-refractivity contribution in [3.05, 3.63) is 237 Å². The highest BCUT2D eigenvalue weighted by atomic mass is 32.1. The van der Waals surface area contributed by atoms with E-state index in [9.17, 15) is 0 Å². The molecule has 14 rings (SSSR count). The van der Waals surface area contributed by atoms with Gasteiger partial charge in [0.05, 0.1) is 55.3 Å². The second kappa shape index (κ2) is 414. The Morgan fingerprint density at radius 3 is 0.754 bits per heavy atom. The lowest BCUT2D eigenvalue weighted by molar-refractivity contribution is 0.393. The number of nitrogens with zero attached hydrogens (tertiary/aromatic N) is 17. The van der Waals surface area contributed by atoms with Gasteiger partial charge in [-0.2, -0.15) is 36.9 Å². The van der Waals surface area contributed by atoms with E-state index in [1.165, 1.54) is 92.3 Å². The fraction of sp³-hybridized carbons (Fsp3) is 0.589. The predicted molar refractivity (Wildman–Crippen MR) is 575 cm³/mol. The maximum absolute atomic E-state index is 4.58. The number of nitrogens with one attached hydrogen (secondary N) is 5. The Morgan fingerprint density at radius 2 is 0.651 bits per heavy atom. The predicted octanol–water partition coefficient (Wildman–Crippen LogP) is 36.9. The summed E-state index contributed by atoms with van der Waals surface area (Å²) < 4.78 is 25.7. The van der Waals surface area contributed by atoms with Crippen LogP contribution in [-0.2, 0) is 0 Å². The fourth-order valence-corrected chi connectivity index (χ4v) is 3.99. The third-order valence-electron chi connectivity index (χ3n) is 4.98. The molecular formula is C95H212N22O5S4. The SMILES string of the molecule is CC.CC.CC.CC.CC.CC.CC.CC.CC.CC.CC.CC.CC.CC.CC.CC.CC.CC.CC.CC.CC.CC.CC.CC.CC.CC.CC.CC.c1c[nH]cn1.c1cc[nH]c1.c1ccoc1.c1ccsc1.c1cn[nH]n1.c1cnoc1.c1cnsc1.c1cocn1.c1conn1.c1cscn1.c1nc[nH]n1.c1nc[nH]n1.c1nnco1.c1nncs1. The van der Waals surface area contributed by atoms with Crippen molar-refractivity contribution < 1.29 is 22.3 Å². The maximum Gasteiger partial charge on any atom is 0.203 e. The van der Waals surface area contributed by atoms with E-state index in [0.29, 0.717) is 0 Å². The summed E-state index contributed by atoms with van der Waals surface area (Å²) >= 11 is 6.27. The first-order valence-corrected chi connectivity index (χ1v) is 50.4. The van der Waals surface area contributed by atoms with E-state index in [0.717, 1.165) is 0 Å². The molecule has 0 aliphatic rings. The number of oxazole rings is 1. The number of imidazole rings is 1. The lowest BCUT2D eigenvalue weighted by Crippen LogP contribution is -1.61. The minimum atomic E-state index is 1.26. The summed E-state index contributed by atoms with van der Waals surface area (Å²) in [6.45, 7) is 112. The molecule has 0 saturated heterocycles. The number of thiazole rings is 1. The molecule has 756 valence electrons. The Kier molecular flexibility index (Phi) is 652. The molecule has 31 heteroatoms. The number of thiophene rings is 1. The number of aromatic amines is 5. The minimum absolute atomic E-state index is 1.26. The normalized spacial score (nSPS) is 5.78. The van der Waals surface area contributed by atoms with Gasteiger partial charge in [-0.1, -0.05) is 405 Å². The topological polar surface area (TPSA) is 364 Å². The van der Waals surface area contributed by atoms with E-state index < -0.39 is 0 Å². The van der Waals surface area contributed by atoms with Crippen molar-refractivity contribution >= 4 is 45.5 Å². The highest BCUT2D eigenvalue weighted by Gasteiger charge is 1.66. The number of furan rings is 1. The van der Waals surface area contributed by atoms with E-state index in [4.69, 9.17) is 0 Å². The number of hydrogen-bond donors (Lipinski definition) is 5. The van der Waals surface area contributed by atoms with Gasteiger partial charge in [-0.05, 0) is 58.7 Å². The molecule has 0 aliphatic heterocycles. The molecule has 0 spiro atoms. The van der Waals surface area contributed by atoms with Crippen LogP contribution >= 0.6 is 45.5 Å². The van der Waals surface area contributed by atoms with Crippen LogP contribution in [0, 0.1) is 0 Å². The van der Waals surface area contributed by atoms with Gasteiger partial charge < -0.3 is 32.3 Å². The highest BCUT2D eigenvalue weighted by Crippen LogP contribution is 1.91. The Morgan fingerprint density at radius 1 is 0.230 bits per heavy atom. The first-order valence-electron chi connectivity index (χ1n) is 46.7. The molecule has 0 radical (unpaired) electrons. The molecular weight excluding hydrogens is 1660 g/mol. The van der Waals surface area contributed by atoms with E-state index in [1.54, 1.807) is 114 Å². The van der Waals surface area contributed by atoms with Gasteiger partial charge in [0, 0.05) is 53.2 Å². The largest absolute Gasteiger partial charge is 0.473 e. The first-order chi connectivity index (χ1) is 63.0. The molecule has 0 unspecified atom stereocenters. The van der Waals surface area contributed by atoms with Crippen molar-refractivity contribution in [3.63, 3.8) is 0 Å².